The fourth-order valence-corrected chi connectivity index (χ4v) is 4.72. The summed E-state index contributed by atoms with van der Waals surface area (Å²) in [5.41, 5.74) is 3.08. The molecule has 1 aromatic heterocycles. The van der Waals surface area contributed by atoms with Crippen LogP contribution < -0.4 is 0 Å². The second-order valence-electron chi connectivity index (χ2n) is 7.49. The minimum Gasteiger partial charge on any atom is -0.339 e. The molecular weight excluding hydrogens is 453 g/mol. The average molecular weight is 476 g/mol. The summed E-state index contributed by atoms with van der Waals surface area (Å²) in [5.74, 6) is 0.441. The molecule has 2 aromatic carbocycles. The maximum Gasteiger partial charge on any atom is 0.233 e. The van der Waals surface area contributed by atoms with Crippen molar-refractivity contribution in [3.05, 3.63) is 70.0 Å². The lowest BCUT2D eigenvalue weighted by molar-refractivity contribution is -0.130. The zero-order valence-electron chi connectivity index (χ0n) is 17.2. The van der Waals surface area contributed by atoms with E-state index in [1.807, 2.05) is 52.8 Å². The number of piperazine rings is 1. The normalized spacial score (nSPS) is 14.7. The minimum absolute atomic E-state index is 0.115. The molecule has 2 heterocycles. The number of hydrogen-bond donors (Lipinski definition) is 0. The highest BCUT2D eigenvalue weighted by Crippen LogP contribution is 2.24. The summed E-state index contributed by atoms with van der Waals surface area (Å²) in [6.45, 7) is 5.95. The van der Waals surface area contributed by atoms with Gasteiger partial charge in [0.1, 0.15) is 6.33 Å². The van der Waals surface area contributed by atoms with Gasteiger partial charge in [0.2, 0.25) is 5.91 Å². The molecule has 0 radical (unpaired) electrons. The number of carbonyl (C=O) groups is 1. The molecule has 0 N–H and O–H groups in total. The molecule has 3 aromatic rings. The molecule has 0 saturated carbocycles. The van der Waals surface area contributed by atoms with Gasteiger partial charge in [-0.15, -0.1) is 10.2 Å². The number of benzene rings is 2. The standard InChI is InChI=1S/C22H23Cl2N5OS/c1-16-5-6-19(12-20(16)24)29-15-25-26-22(29)31-14-21(30)28-9-7-27(8-10-28)13-17-3-2-4-18(23)11-17/h2-6,11-12,15H,7-10,13-14H2,1H3. The van der Waals surface area contributed by atoms with Crippen LogP contribution in [0.5, 0.6) is 0 Å². The molecule has 0 aliphatic carbocycles. The third-order valence-electron chi connectivity index (χ3n) is 5.30. The summed E-state index contributed by atoms with van der Waals surface area (Å²) in [5, 5.41) is 10.3. The predicted octanol–water partition coefficient (Wildman–Crippen LogP) is 4.32. The van der Waals surface area contributed by atoms with Crippen LogP contribution in [0.4, 0.5) is 0 Å². The number of aromatic nitrogens is 3. The Balaban J connectivity index is 1.29. The second-order valence-corrected chi connectivity index (χ2v) is 9.28. The fraction of sp³-hybridized carbons (Fsp3) is 0.318. The second kappa shape index (κ2) is 10.0. The number of carbonyl (C=O) groups excluding carboxylic acids is 1. The van der Waals surface area contributed by atoms with Crippen molar-refractivity contribution in [2.45, 2.75) is 18.6 Å². The quantitative estimate of drug-likeness (QED) is 0.496. The van der Waals surface area contributed by atoms with Gasteiger partial charge in [-0.3, -0.25) is 14.3 Å². The van der Waals surface area contributed by atoms with Gasteiger partial charge in [0, 0.05) is 42.8 Å². The van der Waals surface area contributed by atoms with Gasteiger partial charge in [-0.2, -0.15) is 0 Å². The Labute approximate surface area is 196 Å². The number of aryl methyl sites for hydroxylation is 1. The van der Waals surface area contributed by atoms with Crippen LogP contribution >= 0.6 is 35.0 Å². The maximum absolute atomic E-state index is 12.7. The van der Waals surface area contributed by atoms with E-state index >= 15 is 0 Å². The maximum atomic E-state index is 12.7. The number of halogens is 2. The lowest BCUT2D eigenvalue weighted by Gasteiger charge is -2.34. The van der Waals surface area contributed by atoms with Gasteiger partial charge < -0.3 is 4.90 Å². The zero-order valence-corrected chi connectivity index (χ0v) is 19.5. The summed E-state index contributed by atoms with van der Waals surface area (Å²) in [7, 11) is 0. The average Bonchev–Trinajstić information content (AvgIpc) is 3.23. The van der Waals surface area contributed by atoms with E-state index in [4.69, 9.17) is 23.2 Å². The lowest BCUT2D eigenvalue weighted by Crippen LogP contribution is -2.48. The van der Waals surface area contributed by atoms with E-state index in [0.29, 0.717) is 15.9 Å². The van der Waals surface area contributed by atoms with E-state index < -0.39 is 0 Å². The van der Waals surface area contributed by atoms with Crippen LogP contribution in [-0.2, 0) is 11.3 Å². The summed E-state index contributed by atoms with van der Waals surface area (Å²) in [4.78, 5) is 17.0. The fourth-order valence-electron chi connectivity index (χ4n) is 3.50. The molecule has 1 amide bonds. The van der Waals surface area contributed by atoms with Crippen molar-refractivity contribution in [1.82, 2.24) is 24.6 Å². The Morgan fingerprint density at radius 3 is 2.65 bits per heavy atom. The Morgan fingerprint density at radius 2 is 1.90 bits per heavy atom. The first-order chi connectivity index (χ1) is 15.0. The van der Waals surface area contributed by atoms with Crippen molar-refractivity contribution < 1.29 is 4.79 Å². The highest BCUT2D eigenvalue weighted by Gasteiger charge is 2.22. The topological polar surface area (TPSA) is 54.3 Å². The first kappa shape index (κ1) is 22.1. The summed E-state index contributed by atoms with van der Waals surface area (Å²) in [6, 6.07) is 13.7. The molecule has 0 atom stereocenters. The van der Waals surface area contributed by atoms with E-state index in [1.165, 1.54) is 17.3 Å². The Hall–Kier alpha value is -2.06. The SMILES string of the molecule is Cc1ccc(-n2cnnc2SCC(=O)N2CCN(Cc3cccc(Cl)c3)CC2)cc1Cl. The first-order valence-corrected chi connectivity index (χ1v) is 11.8. The van der Waals surface area contributed by atoms with E-state index in [-0.39, 0.29) is 5.91 Å². The Kier molecular flexibility index (Phi) is 7.17. The number of nitrogens with zero attached hydrogens (tertiary/aromatic N) is 5. The van der Waals surface area contributed by atoms with E-state index in [0.717, 1.165) is 49.0 Å². The van der Waals surface area contributed by atoms with E-state index in [2.05, 4.69) is 21.2 Å². The van der Waals surface area contributed by atoms with Gasteiger partial charge in [0.05, 0.1) is 11.4 Å². The molecule has 0 unspecified atom stereocenters. The Morgan fingerprint density at radius 1 is 1.10 bits per heavy atom. The summed E-state index contributed by atoms with van der Waals surface area (Å²) >= 11 is 13.7. The van der Waals surface area contributed by atoms with E-state index in [9.17, 15) is 4.79 Å². The van der Waals surface area contributed by atoms with Crippen molar-refractivity contribution in [2.24, 2.45) is 0 Å². The van der Waals surface area contributed by atoms with Crippen LogP contribution in [0.1, 0.15) is 11.1 Å². The summed E-state index contributed by atoms with van der Waals surface area (Å²) in [6.07, 6.45) is 1.64. The number of rotatable bonds is 6. The molecule has 1 fully saturated rings. The largest absolute Gasteiger partial charge is 0.339 e. The molecule has 6 nitrogen and oxygen atoms in total. The molecule has 1 aliphatic rings. The van der Waals surface area contributed by atoms with Crippen molar-refractivity contribution in [3.63, 3.8) is 0 Å². The van der Waals surface area contributed by atoms with Gasteiger partial charge in [-0.25, -0.2) is 0 Å². The van der Waals surface area contributed by atoms with Gasteiger partial charge in [0.25, 0.3) is 0 Å². The van der Waals surface area contributed by atoms with Crippen LogP contribution in [0.25, 0.3) is 5.69 Å². The van der Waals surface area contributed by atoms with Crippen molar-refractivity contribution in [3.8, 4) is 5.69 Å². The minimum atomic E-state index is 0.115. The van der Waals surface area contributed by atoms with Crippen LogP contribution in [0.15, 0.2) is 53.9 Å². The van der Waals surface area contributed by atoms with Crippen LogP contribution in [0, 0.1) is 6.92 Å². The molecule has 4 rings (SSSR count). The smallest absolute Gasteiger partial charge is 0.233 e. The van der Waals surface area contributed by atoms with Gasteiger partial charge >= 0.3 is 0 Å². The van der Waals surface area contributed by atoms with Crippen LogP contribution in [0.2, 0.25) is 10.0 Å². The van der Waals surface area contributed by atoms with Crippen molar-refractivity contribution in [2.75, 3.05) is 31.9 Å². The molecule has 31 heavy (non-hydrogen) atoms. The van der Waals surface area contributed by atoms with Gasteiger partial charge in [0.15, 0.2) is 5.16 Å². The zero-order chi connectivity index (χ0) is 21.8. The highest BCUT2D eigenvalue weighted by atomic mass is 35.5. The molecule has 9 heteroatoms. The molecule has 162 valence electrons. The number of amides is 1. The van der Waals surface area contributed by atoms with Crippen LogP contribution in [-0.4, -0.2) is 62.4 Å². The van der Waals surface area contributed by atoms with Gasteiger partial charge in [-0.1, -0.05) is 53.2 Å². The first-order valence-electron chi connectivity index (χ1n) is 10.0. The lowest BCUT2D eigenvalue weighted by atomic mass is 10.2. The number of thioether (sulfide) groups is 1. The molecule has 0 bridgehead atoms. The monoisotopic (exact) mass is 475 g/mol. The van der Waals surface area contributed by atoms with Crippen LogP contribution in [0.3, 0.4) is 0 Å². The number of hydrogen-bond acceptors (Lipinski definition) is 5. The molecule has 1 aliphatic heterocycles. The molecule has 1 saturated heterocycles. The highest BCUT2D eigenvalue weighted by molar-refractivity contribution is 7.99. The van der Waals surface area contributed by atoms with E-state index in [1.54, 1.807) is 6.33 Å². The third kappa shape index (κ3) is 5.60. The Bertz CT molecular complexity index is 1070. The van der Waals surface area contributed by atoms with Crippen molar-refractivity contribution >= 4 is 40.9 Å². The summed E-state index contributed by atoms with van der Waals surface area (Å²) < 4.78 is 1.85. The predicted molar refractivity (Wildman–Crippen MR) is 125 cm³/mol. The molecular formula is C22H23Cl2N5OS. The molecule has 0 spiro atoms. The third-order valence-corrected chi connectivity index (χ3v) is 6.87. The van der Waals surface area contributed by atoms with Gasteiger partial charge in [-0.05, 0) is 42.3 Å². The van der Waals surface area contributed by atoms with Crippen molar-refractivity contribution in [1.29, 1.82) is 0 Å².